The second-order valence-corrected chi connectivity index (χ2v) is 4.23. The van der Waals surface area contributed by atoms with E-state index >= 15 is 0 Å². The topological polar surface area (TPSA) is 21.3 Å². The number of hydrogen-bond donors (Lipinski definition) is 1. The average Bonchev–Trinajstić information content (AvgIpc) is 2.18. The van der Waals surface area contributed by atoms with Gasteiger partial charge in [-0.2, -0.15) is 0 Å². The Bertz CT molecular complexity index is 132. The Morgan fingerprint density at radius 3 is 2.31 bits per heavy atom. The van der Waals surface area contributed by atoms with Crippen molar-refractivity contribution < 1.29 is 4.74 Å². The largest absolute Gasteiger partial charge is 0.380 e. The number of methoxy groups -OCH3 is 1. The number of rotatable bonds is 4. The fourth-order valence-electron chi connectivity index (χ4n) is 1.98. The van der Waals surface area contributed by atoms with E-state index in [0.717, 1.165) is 6.04 Å². The predicted octanol–water partition coefficient (Wildman–Crippen LogP) is 2.33. The van der Waals surface area contributed by atoms with E-state index in [1.807, 2.05) is 0 Å². The molecule has 0 aromatic rings. The van der Waals surface area contributed by atoms with Gasteiger partial charge in [0.25, 0.3) is 0 Å². The molecule has 0 bridgehead atoms. The van der Waals surface area contributed by atoms with Crippen molar-refractivity contribution in [3.8, 4) is 0 Å². The lowest BCUT2D eigenvalue weighted by Crippen LogP contribution is -2.43. The van der Waals surface area contributed by atoms with E-state index in [0.29, 0.717) is 12.1 Å². The monoisotopic (exact) mass is 185 g/mol. The molecule has 2 atom stereocenters. The van der Waals surface area contributed by atoms with Crippen LogP contribution in [0.2, 0.25) is 0 Å². The van der Waals surface area contributed by atoms with E-state index in [1.165, 1.54) is 32.1 Å². The smallest absolute Gasteiger partial charge is 0.0693 e. The molecule has 1 aliphatic carbocycles. The molecule has 0 radical (unpaired) electrons. The normalized spacial score (nSPS) is 24.2. The van der Waals surface area contributed by atoms with E-state index in [1.54, 1.807) is 7.11 Å². The first-order chi connectivity index (χ1) is 6.24. The molecule has 1 fully saturated rings. The molecule has 0 spiro atoms. The van der Waals surface area contributed by atoms with Crippen molar-refractivity contribution in [2.24, 2.45) is 0 Å². The minimum absolute atomic E-state index is 0.321. The predicted molar refractivity (Wildman–Crippen MR) is 55.9 cm³/mol. The van der Waals surface area contributed by atoms with Crippen LogP contribution in [0.3, 0.4) is 0 Å². The first-order valence-electron chi connectivity index (χ1n) is 5.53. The molecule has 1 saturated carbocycles. The van der Waals surface area contributed by atoms with Gasteiger partial charge in [0.05, 0.1) is 6.10 Å². The van der Waals surface area contributed by atoms with Gasteiger partial charge in [-0.3, -0.25) is 0 Å². The lowest BCUT2D eigenvalue weighted by atomic mass is 9.94. The summed E-state index contributed by atoms with van der Waals surface area (Å²) < 4.78 is 5.29. The summed E-state index contributed by atoms with van der Waals surface area (Å²) in [5.74, 6) is 0. The van der Waals surface area contributed by atoms with Crippen molar-refractivity contribution >= 4 is 0 Å². The molecule has 2 unspecified atom stereocenters. The van der Waals surface area contributed by atoms with Crippen LogP contribution in [0, 0.1) is 0 Å². The molecular formula is C11H23NO. The third kappa shape index (κ3) is 3.65. The van der Waals surface area contributed by atoms with Crippen molar-refractivity contribution in [1.29, 1.82) is 0 Å². The molecule has 1 aliphatic rings. The van der Waals surface area contributed by atoms with E-state index in [2.05, 4.69) is 19.2 Å². The summed E-state index contributed by atoms with van der Waals surface area (Å²) in [4.78, 5) is 0. The quantitative estimate of drug-likeness (QED) is 0.726. The zero-order valence-corrected chi connectivity index (χ0v) is 9.18. The van der Waals surface area contributed by atoms with Crippen LogP contribution >= 0.6 is 0 Å². The maximum absolute atomic E-state index is 5.29. The van der Waals surface area contributed by atoms with Gasteiger partial charge in [-0.1, -0.05) is 19.3 Å². The summed E-state index contributed by atoms with van der Waals surface area (Å²) in [5, 5.41) is 3.64. The fourth-order valence-corrected chi connectivity index (χ4v) is 1.98. The molecule has 1 N–H and O–H groups in total. The van der Waals surface area contributed by atoms with Gasteiger partial charge in [0.1, 0.15) is 0 Å². The van der Waals surface area contributed by atoms with Crippen LogP contribution < -0.4 is 5.32 Å². The summed E-state index contributed by atoms with van der Waals surface area (Å²) in [6.07, 6.45) is 7.23. The average molecular weight is 185 g/mol. The third-order valence-electron chi connectivity index (χ3n) is 3.18. The summed E-state index contributed by atoms with van der Waals surface area (Å²) in [6, 6.07) is 1.22. The minimum atomic E-state index is 0.321. The Hall–Kier alpha value is -0.0800. The Morgan fingerprint density at radius 2 is 1.77 bits per heavy atom. The second kappa shape index (κ2) is 5.61. The van der Waals surface area contributed by atoms with E-state index in [-0.39, 0.29) is 0 Å². The lowest BCUT2D eigenvalue weighted by Gasteiger charge is -2.29. The van der Waals surface area contributed by atoms with Crippen LogP contribution in [-0.2, 0) is 4.74 Å². The highest BCUT2D eigenvalue weighted by molar-refractivity contribution is 4.77. The molecular weight excluding hydrogens is 162 g/mol. The molecule has 0 aromatic carbocycles. The van der Waals surface area contributed by atoms with Crippen molar-refractivity contribution in [2.75, 3.05) is 7.11 Å². The van der Waals surface area contributed by atoms with Gasteiger partial charge in [0.15, 0.2) is 0 Å². The van der Waals surface area contributed by atoms with Crippen LogP contribution in [0.4, 0.5) is 0 Å². The molecule has 2 heteroatoms. The van der Waals surface area contributed by atoms with E-state index < -0.39 is 0 Å². The number of nitrogens with one attached hydrogen (secondary N) is 1. The zero-order valence-electron chi connectivity index (χ0n) is 9.18. The van der Waals surface area contributed by atoms with Gasteiger partial charge < -0.3 is 10.1 Å². The minimum Gasteiger partial charge on any atom is -0.380 e. The molecule has 0 heterocycles. The lowest BCUT2D eigenvalue weighted by molar-refractivity contribution is 0.0820. The van der Waals surface area contributed by atoms with E-state index in [4.69, 9.17) is 4.74 Å². The Morgan fingerprint density at radius 1 is 1.15 bits per heavy atom. The van der Waals surface area contributed by atoms with Gasteiger partial charge in [0.2, 0.25) is 0 Å². The maximum atomic E-state index is 5.29. The van der Waals surface area contributed by atoms with Gasteiger partial charge >= 0.3 is 0 Å². The Kier molecular flexibility index (Phi) is 4.74. The zero-order chi connectivity index (χ0) is 9.68. The molecule has 0 aromatic heterocycles. The van der Waals surface area contributed by atoms with Crippen molar-refractivity contribution in [3.05, 3.63) is 0 Å². The molecule has 78 valence electrons. The maximum Gasteiger partial charge on any atom is 0.0693 e. The van der Waals surface area contributed by atoms with Gasteiger partial charge in [-0.15, -0.1) is 0 Å². The molecule has 0 saturated heterocycles. The molecule has 0 aliphatic heterocycles. The summed E-state index contributed by atoms with van der Waals surface area (Å²) in [7, 11) is 1.78. The molecule has 13 heavy (non-hydrogen) atoms. The second-order valence-electron chi connectivity index (χ2n) is 4.23. The highest BCUT2D eigenvalue weighted by Gasteiger charge is 2.18. The first kappa shape index (κ1) is 11.0. The SMILES string of the molecule is COC(C)C(C)NC1CCCCC1. The van der Waals surface area contributed by atoms with Crippen LogP contribution in [-0.4, -0.2) is 25.3 Å². The van der Waals surface area contributed by atoms with Crippen molar-refractivity contribution in [2.45, 2.75) is 64.1 Å². The summed E-state index contributed by atoms with van der Waals surface area (Å²) >= 11 is 0. The van der Waals surface area contributed by atoms with Crippen molar-refractivity contribution in [1.82, 2.24) is 5.32 Å². The Labute approximate surface area is 82.0 Å². The van der Waals surface area contributed by atoms with Crippen LogP contribution in [0.5, 0.6) is 0 Å². The van der Waals surface area contributed by atoms with Crippen LogP contribution in [0.15, 0.2) is 0 Å². The first-order valence-corrected chi connectivity index (χ1v) is 5.53. The number of hydrogen-bond acceptors (Lipinski definition) is 2. The fraction of sp³-hybridized carbons (Fsp3) is 1.00. The number of ether oxygens (including phenoxy) is 1. The van der Waals surface area contributed by atoms with Crippen molar-refractivity contribution in [3.63, 3.8) is 0 Å². The third-order valence-corrected chi connectivity index (χ3v) is 3.18. The highest BCUT2D eigenvalue weighted by Crippen LogP contribution is 2.18. The van der Waals surface area contributed by atoms with Gasteiger partial charge in [-0.25, -0.2) is 0 Å². The Balaban J connectivity index is 2.21. The van der Waals surface area contributed by atoms with Gasteiger partial charge in [-0.05, 0) is 26.7 Å². The molecule has 1 rings (SSSR count). The van der Waals surface area contributed by atoms with Crippen LogP contribution in [0.1, 0.15) is 46.0 Å². The highest BCUT2D eigenvalue weighted by atomic mass is 16.5. The molecule has 2 nitrogen and oxygen atoms in total. The summed E-state index contributed by atoms with van der Waals surface area (Å²) in [5.41, 5.74) is 0. The van der Waals surface area contributed by atoms with E-state index in [9.17, 15) is 0 Å². The van der Waals surface area contributed by atoms with Crippen LogP contribution in [0.25, 0.3) is 0 Å². The standard InChI is InChI=1S/C11H23NO/c1-9(10(2)13-3)12-11-7-5-4-6-8-11/h9-12H,4-8H2,1-3H3. The summed E-state index contributed by atoms with van der Waals surface area (Å²) in [6.45, 7) is 4.34. The molecule has 0 amide bonds. The van der Waals surface area contributed by atoms with Gasteiger partial charge in [0, 0.05) is 19.2 Å².